The Morgan fingerprint density at radius 3 is 2.43 bits per heavy atom. The van der Waals surface area contributed by atoms with Crippen LogP contribution in [0.5, 0.6) is 0 Å². The minimum atomic E-state index is -3.92. The van der Waals surface area contributed by atoms with E-state index in [1.807, 2.05) is 0 Å². The van der Waals surface area contributed by atoms with E-state index in [0.29, 0.717) is 30.1 Å². The summed E-state index contributed by atoms with van der Waals surface area (Å²) < 4.78 is 55.0. The molecule has 1 fully saturated rings. The van der Waals surface area contributed by atoms with Gasteiger partial charge in [-0.15, -0.1) is 11.3 Å². The smallest absolute Gasteiger partial charge is 0.261 e. The van der Waals surface area contributed by atoms with Crippen molar-refractivity contribution in [1.29, 1.82) is 0 Å². The van der Waals surface area contributed by atoms with Crippen molar-refractivity contribution < 1.29 is 21.6 Å². The molecule has 13 heteroatoms. The topological polar surface area (TPSA) is 113 Å². The number of nitrogens with one attached hydrogen (secondary N) is 2. The number of halogens is 2. The Morgan fingerprint density at radius 2 is 1.77 bits per heavy atom. The Kier molecular flexibility index (Phi) is 7.74. The summed E-state index contributed by atoms with van der Waals surface area (Å²) in [6, 6.07) is 13.3. The van der Waals surface area contributed by atoms with E-state index in [1.165, 1.54) is 46.8 Å². The van der Waals surface area contributed by atoms with Gasteiger partial charge in [0.15, 0.2) is 0 Å². The first-order valence-corrected chi connectivity index (χ1v) is 15.0. The molecule has 35 heavy (non-hydrogen) atoms. The fourth-order valence-corrected chi connectivity index (χ4v) is 7.91. The zero-order valence-electron chi connectivity index (χ0n) is 18.1. The molecular formula is C22H21Cl2N3O5S3. The van der Waals surface area contributed by atoms with Crippen molar-refractivity contribution in [2.24, 2.45) is 5.92 Å². The Balaban J connectivity index is 1.41. The number of thiophene rings is 1. The number of nitrogens with zero attached hydrogens (tertiary/aromatic N) is 1. The van der Waals surface area contributed by atoms with Gasteiger partial charge in [-0.2, -0.15) is 4.31 Å². The summed E-state index contributed by atoms with van der Waals surface area (Å²) in [5.41, 5.74) is 0.588. The van der Waals surface area contributed by atoms with Crippen molar-refractivity contribution in [1.82, 2.24) is 4.31 Å². The molecule has 0 bridgehead atoms. The van der Waals surface area contributed by atoms with Gasteiger partial charge in [0.1, 0.15) is 4.21 Å². The van der Waals surface area contributed by atoms with Crippen molar-refractivity contribution in [3.8, 4) is 0 Å². The third kappa shape index (κ3) is 5.99. The van der Waals surface area contributed by atoms with Gasteiger partial charge in [0, 0.05) is 23.8 Å². The van der Waals surface area contributed by atoms with E-state index < -0.39 is 26.0 Å². The average Bonchev–Trinajstić information content (AvgIpc) is 3.37. The first-order valence-electron chi connectivity index (χ1n) is 10.5. The summed E-state index contributed by atoms with van der Waals surface area (Å²) in [5.74, 6) is -0.839. The predicted octanol–water partition coefficient (Wildman–Crippen LogP) is 4.90. The Bertz CT molecular complexity index is 1430. The zero-order valence-corrected chi connectivity index (χ0v) is 22.1. The number of sulfonamides is 2. The van der Waals surface area contributed by atoms with Gasteiger partial charge in [0.25, 0.3) is 20.0 Å². The number of piperidine rings is 1. The Hall–Kier alpha value is -2.15. The molecule has 1 saturated heterocycles. The van der Waals surface area contributed by atoms with E-state index in [1.54, 1.807) is 17.5 Å². The highest BCUT2D eigenvalue weighted by atomic mass is 35.5. The predicted molar refractivity (Wildman–Crippen MR) is 138 cm³/mol. The second-order valence-electron chi connectivity index (χ2n) is 7.88. The molecule has 1 aromatic heterocycles. The van der Waals surface area contributed by atoms with Crippen LogP contribution in [0, 0.1) is 5.92 Å². The summed E-state index contributed by atoms with van der Waals surface area (Å²) in [4.78, 5) is 12.8. The Labute approximate surface area is 218 Å². The molecule has 1 amide bonds. The maximum Gasteiger partial charge on any atom is 0.261 e. The second-order valence-corrected chi connectivity index (χ2v) is 13.5. The van der Waals surface area contributed by atoms with E-state index in [-0.39, 0.29) is 32.3 Å². The molecule has 0 aliphatic carbocycles. The van der Waals surface area contributed by atoms with Gasteiger partial charge < -0.3 is 5.32 Å². The average molecular weight is 575 g/mol. The van der Waals surface area contributed by atoms with Crippen LogP contribution >= 0.6 is 34.5 Å². The van der Waals surface area contributed by atoms with E-state index in [0.717, 1.165) is 11.3 Å². The highest BCUT2D eigenvalue weighted by molar-refractivity contribution is 7.92. The molecule has 8 nitrogen and oxygen atoms in total. The molecule has 3 aromatic rings. The van der Waals surface area contributed by atoms with Gasteiger partial charge in [0.2, 0.25) is 5.91 Å². The van der Waals surface area contributed by atoms with Gasteiger partial charge >= 0.3 is 0 Å². The summed E-state index contributed by atoms with van der Waals surface area (Å²) in [6.45, 7) is 0.450. The van der Waals surface area contributed by atoms with E-state index >= 15 is 0 Å². The van der Waals surface area contributed by atoms with Crippen LogP contribution in [-0.4, -0.2) is 40.1 Å². The van der Waals surface area contributed by atoms with Crippen molar-refractivity contribution in [2.45, 2.75) is 21.9 Å². The molecule has 0 unspecified atom stereocenters. The molecule has 2 N–H and O–H groups in total. The molecule has 186 valence electrons. The molecule has 4 rings (SSSR count). The maximum atomic E-state index is 12.8. The minimum absolute atomic E-state index is 0.0209. The summed E-state index contributed by atoms with van der Waals surface area (Å²) in [7, 11) is -7.55. The van der Waals surface area contributed by atoms with Gasteiger partial charge in [-0.05, 0) is 66.8 Å². The van der Waals surface area contributed by atoms with Crippen LogP contribution in [0.25, 0.3) is 0 Å². The Morgan fingerprint density at radius 1 is 1.03 bits per heavy atom. The largest absolute Gasteiger partial charge is 0.326 e. The molecule has 0 saturated carbocycles. The first kappa shape index (κ1) is 25.9. The van der Waals surface area contributed by atoms with Gasteiger partial charge in [-0.1, -0.05) is 29.3 Å². The summed E-state index contributed by atoms with van der Waals surface area (Å²) in [5, 5.41) is 4.99. The number of amides is 1. The lowest BCUT2D eigenvalue weighted by Gasteiger charge is -2.30. The third-order valence-electron chi connectivity index (χ3n) is 5.45. The van der Waals surface area contributed by atoms with Crippen molar-refractivity contribution in [3.63, 3.8) is 0 Å². The number of benzene rings is 2. The lowest BCUT2D eigenvalue weighted by atomic mass is 9.99. The fraction of sp³-hybridized carbons (Fsp3) is 0.227. The van der Waals surface area contributed by atoms with Gasteiger partial charge in [-0.25, -0.2) is 16.8 Å². The van der Waals surface area contributed by atoms with E-state index in [2.05, 4.69) is 10.0 Å². The number of carbonyl (C=O) groups excluding carboxylic acids is 1. The third-order valence-corrected chi connectivity index (χ3v) is 10.6. The SMILES string of the molecule is O=C(Nc1ccc(S(=O)(=O)Nc2ccc(Cl)cc2Cl)cc1)[C@@H]1CCCN(S(=O)(=O)c2cccs2)C1. The molecule has 1 atom stereocenters. The van der Waals surface area contributed by atoms with Gasteiger partial charge in [-0.3, -0.25) is 9.52 Å². The fourth-order valence-electron chi connectivity index (χ4n) is 3.65. The number of hydrogen-bond donors (Lipinski definition) is 2. The first-order chi connectivity index (χ1) is 16.6. The lowest BCUT2D eigenvalue weighted by Crippen LogP contribution is -2.43. The van der Waals surface area contributed by atoms with Crippen LogP contribution in [0.1, 0.15) is 12.8 Å². The van der Waals surface area contributed by atoms with Crippen LogP contribution in [0.15, 0.2) is 69.1 Å². The molecule has 1 aliphatic heterocycles. The molecule has 1 aliphatic rings. The van der Waals surface area contributed by atoms with Crippen molar-refractivity contribution in [2.75, 3.05) is 23.1 Å². The van der Waals surface area contributed by atoms with Crippen molar-refractivity contribution >= 4 is 71.9 Å². The van der Waals surface area contributed by atoms with Crippen molar-refractivity contribution in [3.05, 3.63) is 70.0 Å². The molecule has 2 aromatic carbocycles. The monoisotopic (exact) mass is 573 g/mol. The highest BCUT2D eigenvalue weighted by Gasteiger charge is 2.33. The minimum Gasteiger partial charge on any atom is -0.326 e. The summed E-state index contributed by atoms with van der Waals surface area (Å²) >= 11 is 13.0. The maximum absolute atomic E-state index is 12.8. The quantitative estimate of drug-likeness (QED) is 0.417. The van der Waals surface area contributed by atoms with Crippen LogP contribution < -0.4 is 10.0 Å². The second kappa shape index (κ2) is 10.5. The summed E-state index contributed by atoms with van der Waals surface area (Å²) in [6.07, 6.45) is 1.12. The molecular weight excluding hydrogens is 553 g/mol. The number of rotatable bonds is 7. The standard InChI is InChI=1S/C22H21Cl2N3O5S3/c23-16-5-10-20(19(24)13-16)26-34(29,30)18-8-6-17(7-9-18)25-22(28)15-3-1-11-27(14-15)35(31,32)21-4-2-12-33-21/h2,4-10,12-13,15,26H,1,3,11,14H2,(H,25,28)/t15-/m1/s1. The zero-order chi connectivity index (χ0) is 25.2. The molecule has 2 heterocycles. The van der Waals surface area contributed by atoms with Crippen LogP contribution in [-0.2, 0) is 24.8 Å². The highest BCUT2D eigenvalue weighted by Crippen LogP contribution is 2.29. The molecule has 0 spiro atoms. The van der Waals surface area contributed by atoms with E-state index in [9.17, 15) is 21.6 Å². The lowest BCUT2D eigenvalue weighted by molar-refractivity contribution is -0.120. The normalized spacial score (nSPS) is 17.1. The van der Waals surface area contributed by atoms with Crippen LogP contribution in [0.3, 0.4) is 0 Å². The molecule has 0 radical (unpaired) electrons. The number of carbonyl (C=O) groups is 1. The number of hydrogen-bond acceptors (Lipinski definition) is 6. The van der Waals surface area contributed by atoms with Crippen LogP contribution in [0.2, 0.25) is 10.0 Å². The number of anilines is 2. The van der Waals surface area contributed by atoms with Crippen LogP contribution in [0.4, 0.5) is 11.4 Å². The van der Waals surface area contributed by atoms with Gasteiger partial charge in [0.05, 0.1) is 21.5 Å². The van der Waals surface area contributed by atoms with E-state index in [4.69, 9.17) is 23.2 Å².